The summed E-state index contributed by atoms with van der Waals surface area (Å²) in [5, 5.41) is 3.68. The van der Waals surface area contributed by atoms with Crippen LogP contribution in [0, 0.1) is 0 Å². The smallest absolute Gasteiger partial charge is 0.243 e. The van der Waals surface area contributed by atoms with E-state index in [1.807, 2.05) is 98.8 Å². The van der Waals surface area contributed by atoms with E-state index in [0.717, 1.165) is 16.7 Å². The Bertz CT molecular complexity index is 1090. The van der Waals surface area contributed by atoms with Crippen molar-refractivity contribution in [2.45, 2.75) is 58.2 Å². The van der Waals surface area contributed by atoms with Gasteiger partial charge in [0.2, 0.25) is 11.8 Å². The Morgan fingerprint density at radius 3 is 2.11 bits per heavy atom. The van der Waals surface area contributed by atoms with Crippen LogP contribution < -0.4 is 5.32 Å². The molecule has 0 aliphatic rings. The molecule has 0 bridgehead atoms. The maximum absolute atomic E-state index is 13.7. The largest absolute Gasteiger partial charge is 0.379 e. The number of carbonyl (C=O) groups excluding carboxylic acids is 2. The number of rotatable bonds is 14. The molecular formula is C31H37ClN2O3. The van der Waals surface area contributed by atoms with E-state index in [-0.39, 0.29) is 17.9 Å². The molecule has 1 unspecified atom stereocenters. The molecule has 0 saturated carbocycles. The van der Waals surface area contributed by atoms with Crippen molar-refractivity contribution in [3.05, 3.63) is 107 Å². The zero-order valence-electron chi connectivity index (χ0n) is 21.7. The van der Waals surface area contributed by atoms with Crippen LogP contribution in [0.5, 0.6) is 0 Å². The van der Waals surface area contributed by atoms with Gasteiger partial charge in [-0.25, -0.2) is 0 Å². The second-order valence-electron chi connectivity index (χ2n) is 9.40. The number of hydrogen-bond donors (Lipinski definition) is 1. The highest BCUT2D eigenvalue weighted by atomic mass is 35.5. The van der Waals surface area contributed by atoms with Crippen molar-refractivity contribution >= 4 is 23.4 Å². The van der Waals surface area contributed by atoms with Crippen LogP contribution >= 0.6 is 11.6 Å². The lowest BCUT2D eigenvalue weighted by Gasteiger charge is -2.32. The minimum absolute atomic E-state index is 0.0574. The van der Waals surface area contributed by atoms with E-state index in [1.165, 1.54) is 0 Å². The summed E-state index contributed by atoms with van der Waals surface area (Å²) >= 11 is 6.10. The van der Waals surface area contributed by atoms with E-state index in [0.29, 0.717) is 50.4 Å². The summed E-state index contributed by atoms with van der Waals surface area (Å²) < 4.78 is 5.60. The molecule has 0 aliphatic carbocycles. The molecule has 37 heavy (non-hydrogen) atoms. The first-order chi connectivity index (χ1) is 17.9. The van der Waals surface area contributed by atoms with Crippen LogP contribution in [0.25, 0.3) is 0 Å². The van der Waals surface area contributed by atoms with Gasteiger partial charge in [0.1, 0.15) is 6.04 Å². The van der Waals surface area contributed by atoms with Crippen LogP contribution in [0.3, 0.4) is 0 Å². The van der Waals surface area contributed by atoms with E-state index in [9.17, 15) is 9.59 Å². The fraction of sp³-hybridized carbons (Fsp3) is 0.355. The minimum atomic E-state index is -0.646. The van der Waals surface area contributed by atoms with E-state index in [1.54, 1.807) is 4.90 Å². The van der Waals surface area contributed by atoms with Crippen LogP contribution in [0.4, 0.5) is 0 Å². The topological polar surface area (TPSA) is 58.6 Å². The van der Waals surface area contributed by atoms with E-state index >= 15 is 0 Å². The third-order valence-corrected chi connectivity index (χ3v) is 6.33. The Labute approximate surface area is 225 Å². The fourth-order valence-electron chi connectivity index (χ4n) is 4.10. The highest BCUT2D eigenvalue weighted by Crippen LogP contribution is 2.18. The number of amides is 2. The maximum Gasteiger partial charge on any atom is 0.243 e. The molecule has 1 N–H and O–H groups in total. The van der Waals surface area contributed by atoms with Gasteiger partial charge in [0, 0.05) is 37.6 Å². The average molecular weight is 521 g/mol. The number of carbonyl (C=O) groups is 2. The summed E-state index contributed by atoms with van der Waals surface area (Å²) in [6.45, 7) is 5.37. The third-order valence-electron chi connectivity index (χ3n) is 6.08. The summed E-state index contributed by atoms with van der Waals surface area (Å²) in [4.78, 5) is 28.9. The van der Waals surface area contributed by atoms with Crippen molar-refractivity contribution in [3.8, 4) is 0 Å². The molecule has 3 aromatic carbocycles. The molecule has 1 atom stereocenters. The van der Waals surface area contributed by atoms with Crippen molar-refractivity contribution < 1.29 is 14.3 Å². The SMILES string of the molecule is CC(C)OCCCNC(=O)C(Cc1ccccc1)N(Cc1ccc(Cl)cc1)C(=O)CCc1ccccc1. The van der Waals surface area contributed by atoms with Crippen LogP contribution in [0.2, 0.25) is 5.02 Å². The number of halogens is 1. The molecule has 0 aromatic heterocycles. The van der Waals surface area contributed by atoms with Gasteiger partial charge in [0.15, 0.2) is 0 Å². The van der Waals surface area contributed by atoms with Crippen LogP contribution in [-0.4, -0.2) is 42.0 Å². The molecule has 0 spiro atoms. The molecule has 0 aliphatic heterocycles. The quantitative estimate of drug-likeness (QED) is 0.271. The molecule has 2 amide bonds. The molecule has 5 nitrogen and oxygen atoms in total. The first kappa shape index (κ1) is 28.4. The van der Waals surface area contributed by atoms with Crippen molar-refractivity contribution in [1.29, 1.82) is 0 Å². The molecule has 0 fully saturated rings. The number of aryl methyl sites for hydroxylation is 1. The monoisotopic (exact) mass is 520 g/mol. The fourth-order valence-corrected chi connectivity index (χ4v) is 4.23. The van der Waals surface area contributed by atoms with Crippen molar-refractivity contribution in [3.63, 3.8) is 0 Å². The van der Waals surface area contributed by atoms with Gasteiger partial charge in [-0.05, 0) is 55.5 Å². The van der Waals surface area contributed by atoms with E-state index in [4.69, 9.17) is 16.3 Å². The van der Waals surface area contributed by atoms with Crippen molar-refractivity contribution in [1.82, 2.24) is 10.2 Å². The van der Waals surface area contributed by atoms with Crippen LogP contribution in [-0.2, 0) is 33.7 Å². The second-order valence-corrected chi connectivity index (χ2v) is 9.84. The Balaban J connectivity index is 1.81. The normalized spacial score (nSPS) is 11.8. The molecule has 3 aromatic rings. The van der Waals surface area contributed by atoms with Crippen molar-refractivity contribution in [2.24, 2.45) is 0 Å². The van der Waals surface area contributed by atoms with Gasteiger partial charge in [-0.3, -0.25) is 9.59 Å². The van der Waals surface area contributed by atoms with Gasteiger partial charge in [-0.2, -0.15) is 0 Å². The van der Waals surface area contributed by atoms with Gasteiger partial charge in [0.05, 0.1) is 6.10 Å². The molecule has 196 valence electrons. The number of hydrogen-bond acceptors (Lipinski definition) is 3. The lowest BCUT2D eigenvalue weighted by molar-refractivity contribution is -0.141. The maximum atomic E-state index is 13.7. The van der Waals surface area contributed by atoms with Crippen molar-refractivity contribution in [2.75, 3.05) is 13.2 Å². The number of benzene rings is 3. The Hall–Kier alpha value is -3.15. The van der Waals surface area contributed by atoms with E-state index in [2.05, 4.69) is 5.32 Å². The first-order valence-electron chi connectivity index (χ1n) is 12.9. The summed E-state index contributed by atoms with van der Waals surface area (Å²) in [6.07, 6.45) is 2.22. The molecule has 6 heteroatoms. The van der Waals surface area contributed by atoms with Gasteiger partial charge in [-0.15, -0.1) is 0 Å². The van der Waals surface area contributed by atoms with Gasteiger partial charge in [-0.1, -0.05) is 84.4 Å². The Morgan fingerprint density at radius 1 is 0.865 bits per heavy atom. The zero-order valence-corrected chi connectivity index (χ0v) is 22.5. The standard InChI is InChI=1S/C31H37ClN2O3/c1-24(2)37-21-9-20-33-31(36)29(22-26-12-7-4-8-13-26)34(23-27-14-17-28(32)18-15-27)30(35)19-16-25-10-5-3-6-11-25/h3-8,10-15,17-18,24,29H,9,16,19-23H2,1-2H3,(H,33,36). The Morgan fingerprint density at radius 2 is 1.49 bits per heavy atom. The summed E-state index contributed by atoms with van der Waals surface area (Å²) in [7, 11) is 0. The highest BCUT2D eigenvalue weighted by Gasteiger charge is 2.30. The molecular weight excluding hydrogens is 484 g/mol. The highest BCUT2D eigenvalue weighted by molar-refractivity contribution is 6.30. The lowest BCUT2D eigenvalue weighted by Crippen LogP contribution is -2.50. The van der Waals surface area contributed by atoms with Gasteiger partial charge >= 0.3 is 0 Å². The molecule has 0 heterocycles. The third kappa shape index (κ3) is 10.0. The van der Waals surface area contributed by atoms with Gasteiger partial charge < -0.3 is 15.0 Å². The van der Waals surface area contributed by atoms with Gasteiger partial charge in [0.25, 0.3) is 0 Å². The summed E-state index contributed by atoms with van der Waals surface area (Å²) in [6, 6.07) is 26.6. The summed E-state index contributed by atoms with van der Waals surface area (Å²) in [5.74, 6) is -0.214. The second kappa shape index (κ2) is 15.2. The van der Waals surface area contributed by atoms with Crippen LogP contribution in [0.1, 0.15) is 43.4 Å². The minimum Gasteiger partial charge on any atom is -0.379 e. The molecule has 0 radical (unpaired) electrons. The molecule has 0 saturated heterocycles. The zero-order chi connectivity index (χ0) is 26.5. The first-order valence-corrected chi connectivity index (χ1v) is 13.3. The summed E-state index contributed by atoms with van der Waals surface area (Å²) in [5.41, 5.74) is 3.02. The average Bonchev–Trinajstić information content (AvgIpc) is 2.91. The molecule has 3 rings (SSSR count). The number of nitrogens with zero attached hydrogens (tertiary/aromatic N) is 1. The predicted octanol–water partition coefficient (Wildman–Crippen LogP) is 5.84. The predicted molar refractivity (Wildman–Crippen MR) is 149 cm³/mol. The number of ether oxygens (including phenoxy) is 1. The van der Waals surface area contributed by atoms with E-state index < -0.39 is 6.04 Å². The Kier molecular flexibility index (Phi) is 11.7. The number of nitrogens with one attached hydrogen (secondary N) is 1. The van der Waals surface area contributed by atoms with Crippen LogP contribution in [0.15, 0.2) is 84.9 Å². The lowest BCUT2D eigenvalue weighted by atomic mass is 10.0.